The van der Waals surface area contributed by atoms with E-state index in [-0.39, 0.29) is 17.2 Å². The van der Waals surface area contributed by atoms with Gasteiger partial charge in [0.1, 0.15) is 0 Å². The number of aromatic nitrogens is 1. The van der Waals surface area contributed by atoms with E-state index in [1.807, 2.05) is 24.3 Å². The van der Waals surface area contributed by atoms with Gasteiger partial charge in [-0.25, -0.2) is 4.98 Å². The van der Waals surface area contributed by atoms with Crippen LogP contribution in [0.1, 0.15) is 48.0 Å². The van der Waals surface area contributed by atoms with Gasteiger partial charge in [0.15, 0.2) is 5.13 Å². The SMILES string of the molecule is Cc1ccc(C(=O)Nc2ccc(-c3csc(N(C)C4CCCCC4)n3)cc2)cc1[N+](=O)[O-]. The third kappa shape index (κ3) is 4.80. The highest BCUT2D eigenvalue weighted by Crippen LogP contribution is 2.32. The number of benzene rings is 2. The fourth-order valence-corrected chi connectivity index (χ4v) is 4.93. The summed E-state index contributed by atoms with van der Waals surface area (Å²) >= 11 is 1.65. The predicted octanol–water partition coefficient (Wildman–Crippen LogP) is 6.05. The summed E-state index contributed by atoms with van der Waals surface area (Å²) in [5.41, 5.74) is 3.23. The highest BCUT2D eigenvalue weighted by molar-refractivity contribution is 7.14. The summed E-state index contributed by atoms with van der Waals surface area (Å²) in [5, 5.41) is 17.0. The Bertz CT molecular complexity index is 1120. The second-order valence-electron chi connectivity index (χ2n) is 8.21. The molecule has 1 N–H and O–H groups in total. The molecular weight excluding hydrogens is 424 g/mol. The summed E-state index contributed by atoms with van der Waals surface area (Å²) in [6, 6.07) is 12.5. The van der Waals surface area contributed by atoms with Crippen LogP contribution in [0.4, 0.5) is 16.5 Å². The van der Waals surface area contributed by atoms with Gasteiger partial charge in [-0.15, -0.1) is 11.3 Å². The minimum absolute atomic E-state index is 0.0643. The van der Waals surface area contributed by atoms with Crippen LogP contribution in [0.2, 0.25) is 0 Å². The van der Waals surface area contributed by atoms with E-state index in [0.717, 1.165) is 16.4 Å². The van der Waals surface area contributed by atoms with Gasteiger partial charge in [0.05, 0.1) is 10.6 Å². The van der Waals surface area contributed by atoms with Gasteiger partial charge >= 0.3 is 0 Å². The molecule has 8 heteroatoms. The fourth-order valence-electron chi connectivity index (χ4n) is 4.06. The zero-order valence-corrected chi connectivity index (χ0v) is 19.0. The number of nitrogens with zero attached hydrogens (tertiary/aromatic N) is 3. The van der Waals surface area contributed by atoms with Crippen LogP contribution >= 0.6 is 11.3 Å². The standard InChI is InChI=1S/C24H26N4O3S/c1-16-8-9-18(14-22(16)28(30)31)23(29)25-19-12-10-17(11-13-19)21-15-32-24(26-21)27(2)20-6-4-3-5-7-20/h8-15,20H,3-7H2,1-2H3,(H,25,29). The fraction of sp³-hybridized carbons (Fsp3) is 0.333. The first-order chi connectivity index (χ1) is 15.4. The van der Waals surface area contributed by atoms with E-state index < -0.39 is 4.92 Å². The lowest BCUT2D eigenvalue weighted by Crippen LogP contribution is -2.33. The van der Waals surface area contributed by atoms with E-state index in [1.165, 1.54) is 38.2 Å². The number of nitrogens with one attached hydrogen (secondary N) is 1. The molecule has 0 saturated heterocycles. The minimum atomic E-state index is -0.477. The molecule has 0 aliphatic heterocycles. The normalized spacial score (nSPS) is 14.2. The third-order valence-corrected chi connectivity index (χ3v) is 6.95. The molecule has 1 amide bonds. The molecule has 1 aliphatic carbocycles. The second-order valence-corrected chi connectivity index (χ2v) is 9.04. The number of thiazole rings is 1. The van der Waals surface area contributed by atoms with Gasteiger partial charge in [-0.05, 0) is 38.0 Å². The van der Waals surface area contributed by atoms with Crippen LogP contribution in [-0.2, 0) is 0 Å². The maximum absolute atomic E-state index is 12.5. The van der Waals surface area contributed by atoms with E-state index in [4.69, 9.17) is 4.98 Å². The van der Waals surface area contributed by atoms with Gasteiger partial charge in [-0.1, -0.05) is 37.5 Å². The number of rotatable bonds is 6. The summed E-state index contributed by atoms with van der Waals surface area (Å²) in [4.78, 5) is 30.3. The van der Waals surface area contributed by atoms with E-state index in [9.17, 15) is 14.9 Å². The van der Waals surface area contributed by atoms with E-state index in [1.54, 1.807) is 30.4 Å². The van der Waals surface area contributed by atoms with E-state index >= 15 is 0 Å². The lowest BCUT2D eigenvalue weighted by atomic mass is 9.95. The highest BCUT2D eigenvalue weighted by atomic mass is 32.1. The molecule has 1 fully saturated rings. The zero-order valence-electron chi connectivity index (χ0n) is 18.2. The van der Waals surface area contributed by atoms with Crippen LogP contribution in [0.5, 0.6) is 0 Å². The van der Waals surface area contributed by atoms with Crippen molar-refractivity contribution in [3.63, 3.8) is 0 Å². The second kappa shape index (κ2) is 9.48. The van der Waals surface area contributed by atoms with Crippen LogP contribution in [0, 0.1) is 17.0 Å². The van der Waals surface area contributed by atoms with Gasteiger partial charge in [-0.2, -0.15) is 0 Å². The van der Waals surface area contributed by atoms with Gasteiger partial charge in [-0.3, -0.25) is 14.9 Å². The first-order valence-electron chi connectivity index (χ1n) is 10.8. The molecule has 1 heterocycles. The Morgan fingerprint density at radius 2 is 1.88 bits per heavy atom. The summed E-state index contributed by atoms with van der Waals surface area (Å²) in [6.45, 7) is 1.65. The first kappa shape index (κ1) is 22.0. The molecule has 7 nitrogen and oxygen atoms in total. The van der Waals surface area contributed by atoms with Gasteiger partial charge in [0, 0.05) is 46.9 Å². The molecule has 32 heavy (non-hydrogen) atoms. The van der Waals surface area contributed by atoms with Crippen LogP contribution in [0.15, 0.2) is 47.8 Å². The van der Waals surface area contributed by atoms with Crippen molar-refractivity contribution in [2.45, 2.75) is 45.1 Å². The van der Waals surface area contributed by atoms with E-state index in [0.29, 0.717) is 17.3 Å². The number of carbonyl (C=O) groups excluding carboxylic acids is 1. The molecule has 1 aliphatic rings. The molecular formula is C24H26N4O3S. The molecule has 1 aromatic heterocycles. The highest BCUT2D eigenvalue weighted by Gasteiger charge is 2.21. The average Bonchev–Trinajstić information content (AvgIpc) is 3.30. The smallest absolute Gasteiger partial charge is 0.273 e. The lowest BCUT2D eigenvalue weighted by Gasteiger charge is -2.30. The molecule has 1 saturated carbocycles. The van der Waals surface area contributed by atoms with Crippen LogP contribution in [0.3, 0.4) is 0 Å². The Morgan fingerprint density at radius 3 is 2.56 bits per heavy atom. The molecule has 0 spiro atoms. The molecule has 4 rings (SSSR count). The molecule has 0 radical (unpaired) electrons. The maximum atomic E-state index is 12.5. The summed E-state index contributed by atoms with van der Waals surface area (Å²) in [5.74, 6) is -0.383. The third-order valence-electron chi connectivity index (χ3n) is 6.02. The summed E-state index contributed by atoms with van der Waals surface area (Å²) < 4.78 is 0. The number of hydrogen-bond donors (Lipinski definition) is 1. The first-order valence-corrected chi connectivity index (χ1v) is 11.7. The lowest BCUT2D eigenvalue weighted by molar-refractivity contribution is -0.385. The van der Waals surface area contributed by atoms with Crippen molar-refractivity contribution in [1.82, 2.24) is 4.98 Å². The molecule has 0 atom stereocenters. The number of carbonyl (C=O) groups is 1. The number of nitro groups is 1. The monoisotopic (exact) mass is 450 g/mol. The Labute approximate surface area is 191 Å². The Kier molecular flexibility index (Phi) is 6.50. The number of amides is 1. The van der Waals surface area contributed by atoms with Crippen LogP contribution < -0.4 is 10.2 Å². The molecule has 0 unspecified atom stereocenters. The minimum Gasteiger partial charge on any atom is -0.348 e. The van der Waals surface area contributed by atoms with Crippen molar-refractivity contribution in [1.29, 1.82) is 0 Å². The maximum Gasteiger partial charge on any atom is 0.273 e. The Balaban J connectivity index is 1.43. The van der Waals surface area contributed by atoms with Crippen molar-refractivity contribution in [3.8, 4) is 11.3 Å². The molecule has 0 bridgehead atoms. The largest absolute Gasteiger partial charge is 0.348 e. The van der Waals surface area contributed by atoms with Gasteiger partial charge in [0.25, 0.3) is 11.6 Å². The summed E-state index contributed by atoms with van der Waals surface area (Å²) in [6.07, 6.45) is 6.36. The van der Waals surface area contributed by atoms with E-state index in [2.05, 4.69) is 22.6 Å². The average molecular weight is 451 g/mol. The number of anilines is 2. The van der Waals surface area contributed by atoms with Crippen molar-refractivity contribution >= 4 is 33.8 Å². The Morgan fingerprint density at radius 1 is 1.16 bits per heavy atom. The topological polar surface area (TPSA) is 88.4 Å². The predicted molar refractivity (Wildman–Crippen MR) is 129 cm³/mol. The van der Waals surface area contributed by atoms with Crippen molar-refractivity contribution < 1.29 is 9.72 Å². The zero-order chi connectivity index (χ0) is 22.7. The molecule has 166 valence electrons. The van der Waals surface area contributed by atoms with Crippen molar-refractivity contribution in [2.75, 3.05) is 17.3 Å². The number of aryl methyl sites for hydroxylation is 1. The molecule has 2 aromatic carbocycles. The van der Waals surface area contributed by atoms with Crippen molar-refractivity contribution in [3.05, 3.63) is 69.1 Å². The molecule has 3 aromatic rings. The van der Waals surface area contributed by atoms with Crippen LogP contribution in [0.25, 0.3) is 11.3 Å². The number of nitro benzene ring substituents is 1. The summed E-state index contributed by atoms with van der Waals surface area (Å²) in [7, 11) is 2.13. The quantitative estimate of drug-likeness (QED) is 0.365. The van der Waals surface area contributed by atoms with Crippen molar-refractivity contribution in [2.24, 2.45) is 0 Å². The van der Waals surface area contributed by atoms with Gasteiger partial charge < -0.3 is 10.2 Å². The van der Waals surface area contributed by atoms with Crippen LogP contribution in [-0.4, -0.2) is 28.9 Å². The number of hydrogen-bond acceptors (Lipinski definition) is 6. The van der Waals surface area contributed by atoms with Gasteiger partial charge in [0.2, 0.25) is 0 Å². The Hall–Kier alpha value is -3.26.